The molecule has 1 aromatic rings. The fourth-order valence-corrected chi connectivity index (χ4v) is 1.07. The average molecular weight is 215 g/mol. The topological polar surface area (TPSA) is 67.1 Å². The molecule has 1 aromatic carbocycles. The molecule has 0 fully saturated rings. The van der Waals surface area contributed by atoms with E-state index in [0.717, 1.165) is 12.1 Å². The van der Waals surface area contributed by atoms with Crippen LogP contribution in [0.25, 0.3) is 0 Å². The minimum atomic E-state index is -0.893. The highest BCUT2D eigenvalue weighted by atomic mass is 19.2. The van der Waals surface area contributed by atoms with E-state index in [9.17, 15) is 13.6 Å². The maximum absolute atomic E-state index is 12.7. The summed E-state index contributed by atoms with van der Waals surface area (Å²) in [5, 5.41) is 2.42. The van der Waals surface area contributed by atoms with E-state index in [4.69, 9.17) is 5.84 Å². The molecule has 15 heavy (non-hydrogen) atoms. The Bertz CT molecular complexity index is 357. The van der Waals surface area contributed by atoms with Gasteiger partial charge in [-0.1, -0.05) is 6.07 Å². The minimum absolute atomic E-state index is 0.300. The Hall–Kier alpha value is -1.69. The molecule has 0 aliphatic rings. The van der Waals surface area contributed by atoms with Gasteiger partial charge in [0.1, 0.15) is 0 Å². The van der Waals surface area contributed by atoms with Gasteiger partial charge in [0.25, 0.3) is 0 Å². The summed E-state index contributed by atoms with van der Waals surface area (Å²) < 4.78 is 25.3. The molecule has 0 bridgehead atoms. The third-order valence-corrected chi connectivity index (χ3v) is 1.81. The summed E-state index contributed by atoms with van der Waals surface area (Å²) in [5.41, 5.74) is 2.49. The molecule has 1 rings (SSSR count). The van der Waals surface area contributed by atoms with Crippen LogP contribution in [-0.4, -0.2) is 12.6 Å². The molecule has 0 aromatic heterocycles. The van der Waals surface area contributed by atoms with Crippen molar-refractivity contribution < 1.29 is 13.6 Å². The largest absolute Gasteiger partial charge is 0.337 e. The normalized spacial score (nSPS) is 9.80. The second kappa shape index (κ2) is 5.26. The zero-order valence-electron chi connectivity index (χ0n) is 7.89. The molecule has 0 saturated heterocycles. The van der Waals surface area contributed by atoms with Gasteiger partial charge >= 0.3 is 6.03 Å². The lowest BCUT2D eigenvalue weighted by Gasteiger charge is -2.04. The molecule has 6 heteroatoms. The van der Waals surface area contributed by atoms with Crippen molar-refractivity contribution in [2.45, 2.75) is 6.42 Å². The lowest BCUT2D eigenvalue weighted by atomic mass is 10.1. The van der Waals surface area contributed by atoms with Crippen molar-refractivity contribution in [1.82, 2.24) is 10.7 Å². The highest BCUT2D eigenvalue weighted by Gasteiger charge is 2.02. The van der Waals surface area contributed by atoms with Crippen LogP contribution in [0.3, 0.4) is 0 Å². The van der Waals surface area contributed by atoms with Gasteiger partial charge in [-0.25, -0.2) is 19.4 Å². The van der Waals surface area contributed by atoms with E-state index >= 15 is 0 Å². The Kier molecular flexibility index (Phi) is 3.99. The first-order chi connectivity index (χ1) is 7.13. The van der Waals surface area contributed by atoms with Crippen LogP contribution < -0.4 is 16.6 Å². The first kappa shape index (κ1) is 11.4. The molecule has 0 aliphatic heterocycles. The number of hydrogen-bond acceptors (Lipinski definition) is 2. The van der Waals surface area contributed by atoms with Crippen molar-refractivity contribution in [1.29, 1.82) is 0 Å². The van der Waals surface area contributed by atoms with Crippen molar-refractivity contribution in [2.75, 3.05) is 6.54 Å². The van der Waals surface area contributed by atoms with E-state index in [1.807, 2.05) is 5.43 Å². The summed E-state index contributed by atoms with van der Waals surface area (Å²) in [6.07, 6.45) is 0.407. The number of carbonyl (C=O) groups excluding carboxylic acids is 1. The van der Waals surface area contributed by atoms with Gasteiger partial charge in [0.05, 0.1) is 0 Å². The lowest BCUT2D eigenvalue weighted by Crippen LogP contribution is -2.40. The lowest BCUT2D eigenvalue weighted by molar-refractivity contribution is 0.241. The monoisotopic (exact) mass is 215 g/mol. The molecule has 0 radical (unpaired) electrons. The highest BCUT2D eigenvalue weighted by molar-refractivity contribution is 5.72. The van der Waals surface area contributed by atoms with E-state index in [0.29, 0.717) is 18.5 Å². The van der Waals surface area contributed by atoms with E-state index < -0.39 is 17.7 Å². The number of benzene rings is 1. The maximum Gasteiger partial charge on any atom is 0.328 e. The molecule has 4 N–H and O–H groups in total. The highest BCUT2D eigenvalue weighted by Crippen LogP contribution is 2.08. The molecule has 0 saturated carbocycles. The number of urea groups is 1. The Labute approximate surface area is 85.4 Å². The van der Waals surface area contributed by atoms with Gasteiger partial charge in [0.15, 0.2) is 11.6 Å². The van der Waals surface area contributed by atoms with E-state index in [-0.39, 0.29) is 0 Å². The second-order valence-electron chi connectivity index (χ2n) is 2.90. The number of nitrogens with two attached hydrogens (primary N) is 1. The van der Waals surface area contributed by atoms with Crippen LogP contribution in [-0.2, 0) is 6.42 Å². The third-order valence-electron chi connectivity index (χ3n) is 1.81. The zero-order chi connectivity index (χ0) is 11.3. The number of rotatable bonds is 3. The quantitative estimate of drug-likeness (QED) is 0.394. The smallest absolute Gasteiger partial charge is 0.328 e. The van der Waals surface area contributed by atoms with Gasteiger partial charge in [-0.2, -0.15) is 0 Å². The summed E-state index contributed by atoms with van der Waals surface area (Å²) in [6, 6.07) is 3.09. The fraction of sp³-hybridized carbons (Fsp3) is 0.222. The van der Waals surface area contributed by atoms with Gasteiger partial charge in [-0.3, -0.25) is 5.43 Å². The first-order valence-electron chi connectivity index (χ1n) is 4.32. The molecule has 0 atom stereocenters. The van der Waals surface area contributed by atoms with Crippen molar-refractivity contribution in [3.05, 3.63) is 35.4 Å². The van der Waals surface area contributed by atoms with Crippen molar-refractivity contribution in [2.24, 2.45) is 5.84 Å². The number of carbonyl (C=O) groups is 1. The number of hydrogen-bond donors (Lipinski definition) is 3. The summed E-state index contributed by atoms with van der Waals surface area (Å²) in [6.45, 7) is 0.300. The van der Waals surface area contributed by atoms with Crippen molar-refractivity contribution >= 4 is 6.03 Å². The van der Waals surface area contributed by atoms with E-state index in [2.05, 4.69) is 5.32 Å². The maximum atomic E-state index is 12.7. The summed E-state index contributed by atoms with van der Waals surface area (Å²) in [4.78, 5) is 10.6. The second-order valence-corrected chi connectivity index (χ2v) is 2.90. The molecule has 0 aliphatic carbocycles. The number of hydrazine groups is 1. The molecular formula is C9H11F2N3O. The fourth-order valence-electron chi connectivity index (χ4n) is 1.07. The van der Waals surface area contributed by atoms with Crippen LogP contribution in [0.15, 0.2) is 18.2 Å². The van der Waals surface area contributed by atoms with Gasteiger partial charge in [-0.15, -0.1) is 0 Å². The number of halogens is 2. The van der Waals surface area contributed by atoms with Crippen LogP contribution >= 0.6 is 0 Å². The predicted octanol–water partition coefficient (Wildman–Crippen LogP) is 0.680. The minimum Gasteiger partial charge on any atom is -0.337 e. The summed E-state index contributed by atoms with van der Waals surface area (Å²) in [5.74, 6) is 3.05. The zero-order valence-corrected chi connectivity index (χ0v) is 7.89. The van der Waals surface area contributed by atoms with E-state index in [1.54, 1.807) is 0 Å². The first-order valence-corrected chi connectivity index (χ1v) is 4.32. The summed E-state index contributed by atoms with van der Waals surface area (Å²) >= 11 is 0. The number of amides is 2. The van der Waals surface area contributed by atoms with Crippen LogP contribution in [0.2, 0.25) is 0 Å². The van der Waals surface area contributed by atoms with Crippen molar-refractivity contribution in [3.63, 3.8) is 0 Å². The average Bonchev–Trinajstić information content (AvgIpc) is 2.23. The van der Waals surface area contributed by atoms with Crippen LogP contribution in [0.5, 0.6) is 0 Å². The SMILES string of the molecule is NNC(=O)NCCc1ccc(F)c(F)c1. The molecular weight excluding hydrogens is 204 g/mol. The molecule has 0 heterocycles. The van der Waals surface area contributed by atoms with Gasteiger partial charge in [0.2, 0.25) is 0 Å². The predicted molar refractivity (Wildman–Crippen MR) is 50.8 cm³/mol. The Morgan fingerprint density at radius 2 is 2.07 bits per heavy atom. The van der Waals surface area contributed by atoms with Crippen molar-refractivity contribution in [3.8, 4) is 0 Å². The molecule has 4 nitrogen and oxygen atoms in total. The molecule has 0 spiro atoms. The van der Waals surface area contributed by atoms with E-state index in [1.165, 1.54) is 6.07 Å². The molecule has 0 unspecified atom stereocenters. The third kappa shape index (κ3) is 3.51. The van der Waals surface area contributed by atoms with Crippen LogP contribution in [0.4, 0.5) is 13.6 Å². The van der Waals surface area contributed by atoms with Gasteiger partial charge in [0, 0.05) is 6.54 Å². The van der Waals surface area contributed by atoms with Crippen LogP contribution in [0.1, 0.15) is 5.56 Å². The standard InChI is InChI=1S/C9H11F2N3O/c10-7-2-1-6(5-8(7)11)3-4-13-9(15)14-12/h1-2,5H,3-4,12H2,(H2,13,14,15). The Morgan fingerprint density at radius 1 is 1.33 bits per heavy atom. The summed E-state index contributed by atoms with van der Waals surface area (Å²) in [7, 11) is 0. The molecule has 2 amide bonds. The van der Waals surface area contributed by atoms with Gasteiger partial charge < -0.3 is 5.32 Å². The Balaban J connectivity index is 2.44. The molecule has 82 valence electrons. The Morgan fingerprint density at radius 3 is 2.67 bits per heavy atom. The number of nitrogens with one attached hydrogen (secondary N) is 2. The van der Waals surface area contributed by atoms with Crippen LogP contribution in [0, 0.1) is 11.6 Å². The van der Waals surface area contributed by atoms with Gasteiger partial charge in [-0.05, 0) is 24.1 Å².